The highest BCUT2D eigenvalue weighted by molar-refractivity contribution is 7.09. The zero-order valence-corrected chi connectivity index (χ0v) is 11.4. The summed E-state index contributed by atoms with van der Waals surface area (Å²) in [5, 5.41) is 9.56. The number of carbonyl (C=O) groups excluding carboxylic acids is 1. The molecule has 0 aliphatic carbocycles. The molecule has 6 heteroatoms. The maximum Gasteiger partial charge on any atom is 0.290 e. The second-order valence-corrected chi connectivity index (χ2v) is 4.99. The topological polar surface area (TPSA) is 68.0 Å². The Labute approximate surface area is 109 Å². The Kier molecular flexibility index (Phi) is 3.76. The number of aryl methyl sites for hydroxylation is 2. The van der Waals surface area contributed by atoms with Gasteiger partial charge in [0.1, 0.15) is 0 Å². The Bertz CT molecular complexity index is 547. The molecule has 0 unspecified atom stereocenters. The summed E-state index contributed by atoms with van der Waals surface area (Å²) in [7, 11) is 0. The number of thiazole rings is 1. The molecule has 0 aliphatic rings. The summed E-state index contributed by atoms with van der Waals surface area (Å²) in [6, 6.07) is 1.47. The standard InChI is InChI=1S/C12H15N3O2S/c1-4-11-14-9(6-18-11)8(3)13-12(16)10-5-7(2)15-17-10/h5-6,8H,4H2,1-3H3,(H,13,16)/t8-/m1/s1. The molecule has 0 saturated heterocycles. The fourth-order valence-corrected chi connectivity index (χ4v) is 2.34. The Morgan fingerprint density at radius 3 is 2.94 bits per heavy atom. The van der Waals surface area contributed by atoms with E-state index in [0.717, 1.165) is 17.1 Å². The average Bonchev–Trinajstić information content (AvgIpc) is 2.97. The van der Waals surface area contributed by atoms with Crippen LogP contribution in [0.25, 0.3) is 0 Å². The fraction of sp³-hybridized carbons (Fsp3) is 0.417. The van der Waals surface area contributed by atoms with Crippen LogP contribution in [0.1, 0.15) is 46.8 Å². The van der Waals surface area contributed by atoms with Crippen LogP contribution in [0.2, 0.25) is 0 Å². The van der Waals surface area contributed by atoms with E-state index >= 15 is 0 Å². The van der Waals surface area contributed by atoms with E-state index in [1.54, 1.807) is 24.3 Å². The van der Waals surface area contributed by atoms with Crippen molar-refractivity contribution in [2.75, 3.05) is 0 Å². The van der Waals surface area contributed by atoms with Crippen molar-refractivity contribution in [1.29, 1.82) is 0 Å². The number of amides is 1. The maximum atomic E-state index is 11.8. The number of aromatic nitrogens is 2. The minimum absolute atomic E-state index is 0.139. The van der Waals surface area contributed by atoms with Gasteiger partial charge >= 0.3 is 0 Å². The van der Waals surface area contributed by atoms with Crippen molar-refractivity contribution in [2.24, 2.45) is 0 Å². The van der Waals surface area contributed by atoms with Gasteiger partial charge in [-0.25, -0.2) is 4.98 Å². The van der Waals surface area contributed by atoms with Crippen LogP contribution in [0, 0.1) is 6.92 Å². The molecule has 2 heterocycles. The minimum Gasteiger partial charge on any atom is -0.351 e. The third-order valence-electron chi connectivity index (χ3n) is 2.51. The molecule has 18 heavy (non-hydrogen) atoms. The molecule has 2 aromatic heterocycles. The lowest BCUT2D eigenvalue weighted by atomic mass is 10.2. The van der Waals surface area contributed by atoms with E-state index in [1.165, 1.54) is 0 Å². The first-order valence-electron chi connectivity index (χ1n) is 5.78. The Morgan fingerprint density at radius 1 is 1.61 bits per heavy atom. The van der Waals surface area contributed by atoms with Crippen LogP contribution in [0.4, 0.5) is 0 Å². The summed E-state index contributed by atoms with van der Waals surface area (Å²) in [6.45, 7) is 5.73. The fourth-order valence-electron chi connectivity index (χ4n) is 1.50. The van der Waals surface area contributed by atoms with Crippen molar-refractivity contribution in [3.63, 3.8) is 0 Å². The SMILES string of the molecule is CCc1nc([C@@H](C)NC(=O)c2cc(C)no2)cs1. The van der Waals surface area contributed by atoms with Crippen molar-refractivity contribution in [3.8, 4) is 0 Å². The van der Waals surface area contributed by atoms with Gasteiger partial charge in [-0.1, -0.05) is 12.1 Å². The summed E-state index contributed by atoms with van der Waals surface area (Å²) < 4.78 is 4.91. The van der Waals surface area contributed by atoms with Crippen molar-refractivity contribution in [3.05, 3.63) is 33.6 Å². The quantitative estimate of drug-likeness (QED) is 0.922. The number of rotatable bonds is 4. The van der Waals surface area contributed by atoms with Crippen LogP contribution in [0.15, 0.2) is 16.0 Å². The molecular weight excluding hydrogens is 250 g/mol. The first-order valence-corrected chi connectivity index (χ1v) is 6.66. The highest BCUT2D eigenvalue weighted by Crippen LogP contribution is 2.17. The average molecular weight is 265 g/mol. The molecule has 1 amide bonds. The molecule has 1 N–H and O–H groups in total. The summed E-state index contributed by atoms with van der Waals surface area (Å²) >= 11 is 1.61. The van der Waals surface area contributed by atoms with Crippen LogP contribution >= 0.6 is 11.3 Å². The van der Waals surface area contributed by atoms with Crippen molar-refractivity contribution < 1.29 is 9.32 Å². The van der Waals surface area contributed by atoms with E-state index in [-0.39, 0.29) is 17.7 Å². The van der Waals surface area contributed by atoms with Crippen LogP contribution in [0.5, 0.6) is 0 Å². The molecule has 96 valence electrons. The number of hydrogen-bond donors (Lipinski definition) is 1. The molecule has 0 spiro atoms. The van der Waals surface area contributed by atoms with E-state index in [4.69, 9.17) is 4.52 Å². The van der Waals surface area contributed by atoms with Crippen LogP contribution in [0.3, 0.4) is 0 Å². The zero-order valence-electron chi connectivity index (χ0n) is 10.6. The van der Waals surface area contributed by atoms with Gasteiger partial charge in [0.05, 0.1) is 22.4 Å². The van der Waals surface area contributed by atoms with Crippen LogP contribution in [-0.2, 0) is 6.42 Å². The van der Waals surface area contributed by atoms with E-state index in [9.17, 15) is 4.79 Å². The van der Waals surface area contributed by atoms with Crippen molar-refractivity contribution >= 4 is 17.2 Å². The Balaban J connectivity index is 2.02. The van der Waals surface area contributed by atoms with Gasteiger partial charge in [0, 0.05) is 11.4 Å². The van der Waals surface area contributed by atoms with Gasteiger partial charge in [0.15, 0.2) is 0 Å². The maximum absolute atomic E-state index is 11.8. The normalized spacial score (nSPS) is 12.4. The summed E-state index contributed by atoms with van der Waals surface area (Å²) in [5.74, 6) is -0.0422. The van der Waals surface area contributed by atoms with E-state index in [1.807, 2.05) is 12.3 Å². The second-order valence-electron chi connectivity index (χ2n) is 4.05. The van der Waals surface area contributed by atoms with Gasteiger partial charge in [0.2, 0.25) is 5.76 Å². The second kappa shape index (κ2) is 5.30. The largest absolute Gasteiger partial charge is 0.351 e. The lowest BCUT2D eigenvalue weighted by Gasteiger charge is -2.09. The van der Waals surface area contributed by atoms with E-state index in [2.05, 4.69) is 22.4 Å². The molecule has 0 aliphatic heterocycles. The van der Waals surface area contributed by atoms with Crippen molar-refractivity contribution in [2.45, 2.75) is 33.2 Å². The van der Waals surface area contributed by atoms with Crippen LogP contribution < -0.4 is 5.32 Å². The Hall–Kier alpha value is -1.69. The summed E-state index contributed by atoms with van der Waals surface area (Å²) in [6.07, 6.45) is 0.909. The first kappa shape index (κ1) is 12.8. The summed E-state index contributed by atoms with van der Waals surface area (Å²) in [4.78, 5) is 16.3. The van der Waals surface area contributed by atoms with Gasteiger partial charge in [-0.15, -0.1) is 11.3 Å². The molecule has 2 rings (SSSR count). The molecule has 0 saturated carbocycles. The molecule has 1 atom stereocenters. The van der Waals surface area contributed by atoms with E-state index < -0.39 is 0 Å². The number of nitrogens with one attached hydrogen (secondary N) is 1. The smallest absolute Gasteiger partial charge is 0.290 e. The molecule has 0 bridgehead atoms. The molecule has 0 aromatic carbocycles. The first-order chi connectivity index (χ1) is 8.60. The predicted octanol–water partition coefficient (Wildman–Crippen LogP) is 2.49. The molecule has 2 aromatic rings. The van der Waals surface area contributed by atoms with Crippen molar-refractivity contribution in [1.82, 2.24) is 15.5 Å². The number of nitrogens with zero attached hydrogens (tertiary/aromatic N) is 2. The molecule has 5 nitrogen and oxygen atoms in total. The van der Waals surface area contributed by atoms with Gasteiger partial charge in [0.25, 0.3) is 5.91 Å². The Morgan fingerprint density at radius 2 is 2.39 bits per heavy atom. The summed E-state index contributed by atoms with van der Waals surface area (Å²) in [5.41, 5.74) is 1.57. The lowest BCUT2D eigenvalue weighted by Crippen LogP contribution is -2.26. The van der Waals surface area contributed by atoms with Crippen LogP contribution in [-0.4, -0.2) is 16.0 Å². The van der Waals surface area contributed by atoms with Gasteiger partial charge in [-0.2, -0.15) is 0 Å². The number of hydrogen-bond acceptors (Lipinski definition) is 5. The molecule has 0 radical (unpaired) electrons. The van der Waals surface area contributed by atoms with Gasteiger partial charge in [-0.05, 0) is 20.3 Å². The molecular formula is C12H15N3O2S. The predicted molar refractivity (Wildman–Crippen MR) is 68.6 cm³/mol. The lowest BCUT2D eigenvalue weighted by molar-refractivity contribution is 0.0902. The zero-order chi connectivity index (χ0) is 13.1. The van der Waals surface area contributed by atoms with E-state index in [0.29, 0.717) is 5.69 Å². The molecule has 0 fully saturated rings. The third-order valence-corrected chi connectivity index (χ3v) is 3.53. The van der Waals surface area contributed by atoms with Gasteiger partial charge < -0.3 is 9.84 Å². The monoisotopic (exact) mass is 265 g/mol. The number of carbonyl (C=O) groups is 1. The highest BCUT2D eigenvalue weighted by Gasteiger charge is 2.17. The highest BCUT2D eigenvalue weighted by atomic mass is 32.1. The van der Waals surface area contributed by atoms with Gasteiger partial charge in [-0.3, -0.25) is 4.79 Å². The third kappa shape index (κ3) is 2.76. The minimum atomic E-state index is -0.269.